The van der Waals surface area contributed by atoms with Gasteiger partial charge in [-0.25, -0.2) is 0 Å². The first kappa shape index (κ1) is 64.9. The number of ether oxygens (including phenoxy) is 8. The van der Waals surface area contributed by atoms with Crippen LogP contribution in [0.25, 0.3) is 0 Å². The van der Waals surface area contributed by atoms with E-state index in [0.717, 1.165) is 83.5 Å². The number of carbonyl (C=O) groups excluding carboxylic acids is 4. The second-order valence-electron chi connectivity index (χ2n) is 29.3. The van der Waals surface area contributed by atoms with Crippen LogP contribution in [-0.4, -0.2) is 250 Å². The Morgan fingerprint density at radius 1 is 0.396 bits per heavy atom. The summed E-state index contributed by atoms with van der Waals surface area (Å²) in [6.45, 7) is 3.18. The van der Waals surface area contributed by atoms with Gasteiger partial charge in [0.1, 0.15) is 22.4 Å². The van der Waals surface area contributed by atoms with Gasteiger partial charge in [-0.1, -0.05) is 24.3 Å². The molecule has 2 saturated carbocycles. The van der Waals surface area contributed by atoms with E-state index in [4.69, 9.17) is 37.9 Å². The number of methoxy groups -OCH3 is 4. The number of piperidine rings is 4. The van der Waals surface area contributed by atoms with Gasteiger partial charge in [-0.2, -0.15) is 0 Å². The Labute approximate surface area is 554 Å². The molecule has 24 heteroatoms. The molecule has 8 bridgehead atoms. The second kappa shape index (κ2) is 21.2. The summed E-state index contributed by atoms with van der Waals surface area (Å²) in [6.07, 6.45) is 6.64. The largest absolute Gasteiger partial charge is 0.493 e. The quantitative estimate of drug-likeness (QED) is 0.157. The summed E-state index contributed by atoms with van der Waals surface area (Å²) in [7, 11) is 14.4. The lowest BCUT2D eigenvalue weighted by Crippen LogP contribution is -2.80. The lowest BCUT2D eigenvalue weighted by molar-refractivity contribution is -0.226. The zero-order chi connectivity index (χ0) is 65.7. The fraction of sp³-hybridized carbons (Fsp3) is 0.556. The van der Waals surface area contributed by atoms with Crippen molar-refractivity contribution in [3.63, 3.8) is 0 Å². The van der Waals surface area contributed by atoms with Crippen molar-refractivity contribution >= 4 is 23.1 Å². The highest BCUT2D eigenvalue weighted by Crippen LogP contribution is 2.69. The normalized spacial score (nSPS) is 40.4. The predicted molar refractivity (Wildman–Crippen MR) is 342 cm³/mol. The van der Waals surface area contributed by atoms with Gasteiger partial charge in [-0.05, 0) is 177 Å². The highest BCUT2D eigenvalue weighted by atomic mass is 16.6. The first-order chi connectivity index (χ1) is 44.9. The predicted octanol–water partition coefficient (Wildman–Crippen LogP) is 0.0370. The van der Waals surface area contributed by atoms with Crippen LogP contribution in [0.1, 0.15) is 83.0 Å². The molecule has 8 aliphatic carbocycles. The van der Waals surface area contributed by atoms with Crippen LogP contribution in [0.5, 0.6) is 46.0 Å². The fourth-order valence-corrected chi connectivity index (χ4v) is 22.0. The Hall–Kier alpha value is -7.04. The maximum atomic E-state index is 12.7. The molecule has 4 spiro atoms. The van der Waals surface area contributed by atoms with Gasteiger partial charge < -0.3 is 89.3 Å². The fourth-order valence-electron chi connectivity index (χ4n) is 22.0. The molecule has 24 nitrogen and oxygen atoms in total. The number of hydrogen-bond donors (Lipinski definition) is 6. The van der Waals surface area contributed by atoms with Crippen LogP contribution in [-0.2, 0) is 66.5 Å². The Morgan fingerprint density at radius 3 is 0.979 bits per heavy atom. The minimum absolute atomic E-state index is 0. The zero-order valence-corrected chi connectivity index (χ0v) is 55.0. The Kier molecular flexibility index (Phi) is 14.4. The van der Waals surface area contributed by atoms with E-state index >= 15 is 0 Å². The third kappa shape index (κ3) is 7.29. The average Bonchev–Trinajstić information content (AvgIpc) is 1.36. The average molecular weight is 1330 g/mol. The van der Waals surface area contributed by atoms with Crippen LogP contribution in [0.2, 0.25) is 0 Å². The van der Waals surface area contributed by atoms with E-state index in [9.17, 15) is 49.8 Å². The molecule has 10 N–H and O–H groups in total. The van der Waals surface area contributed by atoms with Gasteiger partial charge in [-0.15, -0.1) is 0 Å². The van der Waals surface area contributed by atoms with Crippen molar-refractivity contribution in [1.29, 1.82) is 0 Å². The van der Waals surface area contributed by atoms with Gasteiger partial charge >= 0.3 is 0 Å². The van der Waals surface area contributed by atoms with Crippen LogP contribution < -0.4 is 37.9 Å². The molecule has 16 aliphatic rings. The molecule has 96 heavy (non-hydrogen) atoms. The number of rotatable bonds is 4. The molecule has 4 saturated heterocycles. The topological polar surface area (TPSA) is 339 Å². The number of likely N-dealkylation sites (N-methyl/N-ethyl adjacent to an activating group) is 4. The van der Waals surface area contributed by atoms with Crippen LogP contribution in [0.3, 0.4) is 0 Å². The number of likely N-dealkylation sites (tertiary alicyclic amines) is 4. The minimum atomic E-state index is -1.39. The van der Waals surface area contributed by atoms with E-state index < -0.39 is 80.7 Å². The Bertz CT molecular complexity index is 3850. The van der Waals surface area contributed by atoms with Crippen LogP contribution in [0.4, 0.5) is 0 Å². The molecule has 0 amide bonds. The highest BCUT2D eigenvalue weighted by Gasteiger charge is 2.79. The number of carbonyl (C=O) groups is 4. The zero-order valence-electron chi connectivity index (χ0n) is 55.0. The molecular formula is C72H84N4O20. The van der Waals surface area contributed by atoms with Gasteiger partial charge in [0.2, 0.25) is 0 Å². The number of aliphatic hydroxyl groups is 6. The summed E-state index contributed by atoms with van der Waals surface area (Å²) >= 11 is 0. The number of benzene rings is 4. The van der Waals surface area contributed by atoms with Crippen LogP contribution in [0, 0.1) is 0 Å². The Balaban J connectivity index is 0.000000104. The first-order valence-corrected chi connectivity index (χ1v) is 33.0. The van der Waals surface area contributed by atoms with E-state index in [-0.39, 0.29) is 71.1 Å². The molecule has 4 aromatic carbocycles. The maximum absolute atomic E-state index is 12.7. The van der Waals surface area contributed by atoms with Crippen molar-refractivity contribution in [2.45, 2.75) is 169 Å². The van der Waals surface area contributed by atoms with E-state index in [1.807, 2.05) is 64.6 Å². The van der Waals surface area contributed by atoms with Crippen molar-refractivity contribution < 1.29 is 98.7 Å². The lowest BCUT2D eigenvalue weighted by Gasteiger charge is -2.63. The number of Topliss-reactive ketones (excluding diaryl/α,β-unsaturated/α-hetero) is 2. The molecule has 8 aliphatic heterocycles. The van der Waals surface area contributed by atoms with Crippen LogP contribution >= 0.6 is 0 Å². The number of nitrogens with zero attached hydrogens (tertiary/aromatic N) is 4. The summed E-state index contributed by atoms with van der Waals surface area (Å²) in [6, 6.07) is 15.1. The summed E-state index contributed by atoms with van der Waals surface area (Å²) in [5, 5.41) is 68.4. The van der Waals surface area contributed by atoms with Gasteiger partial charge in [0, 0.05) is 59.3 Å². The Morgan fingerprint density at radius 2 is 0.667 bits per heavy atom. The molecule has 20 rings (SSSR count). The van der Waals surface area contributed by atoms with E-state index in [0.29, 0.717) is 84.5 Å². The summed E-state index contributed by atoms with van der Waals surface area (Å²) in [4.78, 5) is 59.2. The monoisotopic (exact) mass is 1320 g/mol. The molecule has 18 atom stereocenters. The molecule has 0 aromatic heterocycles. The summed E-state index contributed by atoms with van der Waals surface area (Å²) in [5.41, 5.74) is 0.162. The van der Waals surface area contributed by atoms with Gasteiger partial charge in [0.05, 0.1) is 62.3 Å². The van der Waals surface area contributed by atoms with E-state index in [1.54, 1.807) is 40.6 Å². The van der Waals surface area contributed by atoms with Gasteiger partial charge in [0.15, 0.2) is 93.5 Å². The molecular weight excluding hydrogens is 1240 g/mol. The van der Waals surface area contributed by atoms with Gasteiger partial charge in [-0.3, -0.25) is 29.0 Å². The summed E-state index contributed by atoms with van der Waals surface area (Å²) in [5.74, 6) is 4.48. The standard InChI is InChI=1S/2C18H21NO5.2C18H19NO4.2H2O/c2*1-19-6-5-17-14-9-3-4-11(23-2)15(14)24-16(17)10(20)8-13(21)18(17,22)12(19)7-9;2*1-19-8-7-17-14-10-3-4-12(22-2)15(14)23-16(17)11(20)5-6-18(17,21)13(19)9-10;;/h2*3-4,12-13,16,21-22H,5-8H2,1-2H3;2*3-6,13,16,21H,7-9H2,1-2H3;2*1H2/t12-,13+,16+,17+,18?;12-,13-,16+,17+,18?;2*13-,16+,17+,18?;;/m1111../s1. The lowest BCUT2D eigenvalue weighted by atomic mass is 9.48. The maximum Gasteiger partial charge on any atom is 0.196 e. The highest BCUT2D eigenvalue weighted by molar-refractivity contribution is 6.00. The number of hydrogen-bond acceptors (Lipinski definition) is 22. The van der Waals surface area contributed by atoms with Crippen molar-refractivity contribution in [3.05, 3.63) is 117 Å². The minimum Gasteiger partial charge on any atom is -0.493 e. The third-order valence-electron chi connectivity index (χ3n) is 26.2. The smallest absolute Gasteiger partial charge is 0.196 e. The van der Waals surface area contributed by atoms with E-state index in [2.05, 4.69) is 31.7 Å². The third-order valence-corrected chi connectivity index (χ3v) is 26.2. The molecule has 0 radical (unpaired) electrons. The molecule has 4 aromatic rings. The summed E-state index contributed by atoms with van der Waals surface area (Å²) < 4.78 is 46.2. The first-order valence-electron chi connectivity index (χ1n) is 33.0. The number of ketones is 4. The van der Waals surface area contributed by atoms with Crippen LogP contribution in [0.15, 0.2) is 72.8 Å². The van der Waals surface area contributed by atoms with Crippen molar-refractivity contribution in [2.75, 3.05) is 82.8 Å². The molecule has 6 fully saturated rings. The van der Waals surface area contributed by atoms with E-state index in [1.165, 1.54) is 12.2 Å². The molecule has 512 valence electrons. The van der Waals surface area contributed by atoms with Crippen molar-refractivity contribution in [3.8, 4) is 46.0 Å². The molecule has 4 unspecified atom stereocenters. The molecule has 8 heterocycles. The second-order valence-corrected chi connectivity index (χ2v) is 29.3. The SMILES string of the molecule is COc1ccc2c3c1O[C@H]1C(=O)C=CC4(O)[C@@H](C2)N(C)CC[C@]314.COc1ccc2c3c1O[C@H]1C(=O)C=CC4(O)[C@@H](C2)N(C)CC[C@]314.COc1ccc2c3c1O[C@H]1C(=O)C[C@@H](O)C4(O)[C@@H](C2)N(C)CC[C@]314.COc1ccc2c3c1O[C@H]1C(=O)C[C@H](O)C4(O)[C@@H](C2)N(C)CC[C@]314.O.O. The number of aliphatic hydroxyl groups excluding tert-OH is 2. The van der Waals surface area contributed by atoms with Crippen molar-refractivity contribution in [2.24, 2.45) is 0 Å². The van der Waals surface area contributed by atoms with Gasteiger partial charge in [0.25, 0.3) is 0 Å². The van der Waals surface area contributed by atoms with Crippen molar-refractivity contribution in [1.82, 2.24) is 19.6 Å².